The van der Waals surface area contributed by atoms with Gasteiger partial charge < -0.3 is 5.32 Å². The SMILES string of the molecule is CC(C)(C)c1ccc(C(=O)NCCCS(N)(=O)=O)s1. The van der Waals surface area contributed by atoms with Crippen LogP contribution in [0.15, 0.2) is 12.1 Å². The number of nitrogens with one attached hydrogen (secondary N) is 1. The van der Waals surface area contributed by atoms with Gasteiger partial charge in [0.1, 0.15) is 0 Å². The number of rotatable bonds is 5. The molecule has 0 aromatic carbocycles. The first-order chi connectivity index (χ1) is 8.59. The summed E-state index contributed by atoms with van der Waals surface area (Å²) in [7, 11) is -3.45. The van der Waals surface area contributed by atoms with Crippen molar-refractivity contribution in [3.63, 3.8) is 0 Å². The van der Waals surface area contributed by atoms with Crippen molar-refractivity contribution in [2.45, 2.75) is 32.6 Å². The van der Waals surface area contributed by atoms with Gasteiger partial charge in [-0.25, -0.2) is 13.6 Å². The summed E-state index contributed by atoms with van der Waals surface area (Å²) in [5, 5.41) is 7.56. The van der Waals surface area contributed by atoms with Gasteiger partial charge in [0.05, 0.1) is 10.6 Å². The highest BCUT2D eigenvalue weighted by Crippen LogP contribution is 2.29. The zero-order valence-electron chi connectivity index (χ0n) is 11.4. The molecule has 0 aliphatic rings. The lowest BCUT2D eigenvalue weighted by Crippen LogP contribution is -2.26. The van der Waals surface area contributed by atoms with Gasteiger partial charge in [0.25, 0.3) is 5.91 Å². The van der Waals surface area contributed by atoms with E-state index in [0.29, 0.717) is 17.8 Å². The number of amides is 1. The molecule has 19 heavy (non-hydrogen) atoms. The lowest BCUT2D eigenvalue weighted by atomic mass is 9.95. The second-order valence-corrected chi connectivity index (χ2v) is 8.21. The minimum absolute atomic E-state index is 0.0246. The van der Waals surface area contributed by atoms with Crippen molar-refractivity contribution < 1.29 is 13.2 Å². The molecule has 1 aromatic heterocycles. The number of carbonyl (C=O) groups excluding carboxylic acids is 1. The van der Waals surface area contributed by atoms with Crippen LogP contribution in [-0.4, -0.2) is 26.6 Å². The number of primary sulfonamides is 1. The molecule has 0 aliphatic heterocycles. The quantitative estimate of drug-likeness (QED) is 0.807. The van der Waals surface area contributed by atoms with Crippen LogP contribution in [0.25, 0.3) is 0 Å². The van der Waals surface area contributed by atoms with Crippen LogP contribution in [0.4, 0.5) is 0 Å². The molecule has 0 saturated carbocycles. The number of hydrogen-bond acceptors (Lipinski definition) is 4. The standard InChI is InChI=1S/C12H20N2O3S2/c1-12(2,3)10-6-5-9(18-10)11(15)14-7-4-8-19(13,16)17/h5-6H,4,7-8H2,1-3H3,(H,14,15)(H2,13,16,17). The van der Waals surface area contributed by atoms with Gasteiger partial charge in [-0.2, -0.15) is 0 Å². The van der Waals surface area contributed by atoms with Gasteiger partial charge in [-0.1, -0.05) is 20.8 Å². The van der Waals surface area contributed by atoms with Crippen molar-refractivity contribution in [2.24, 2.45) is 5.14 Å². The van der Waals surface area contributed by atoms with Crippen molar-refractivity contribution in [2.75, 3.05) is 12.3 Å². The Hall–Kier alpha value is -0.920. The number of hydrogen-bond donors (Lipinski definition) is 2. The van der Waals surface area contributed by atoms with Crippen molar-refractivity contribution in [3.8, 4) is 0 Å². The Morgan fingerprint density at radius 1 is 1.37 bits per heavy atom. The first kappa shape index (κ1) is 16.1. The fraction of sp³-hybridized carbons (Fsp3) is 0.583. The van der Waals surface area contributed by atoms with E-state index in [4.69, 9.17) is 5.14 Å². The summed E-state index contributed by atoms with van der Waals surface area (Å²) in [6.07, 6.45) is 0.322. The van der Waals surface area contributed by atoms with Crippen LogP contribution in [0.1, 0.15) is 41.7 Å². The molecule has 0 atom stereocenters. The van der Waals surface area contributed by atoms with E-state index in [9.17, 15) is 13.2 Å². The highest BCUT2D eigenvalue weighted by molar-refractivity contribution is 7.89. The maximum Gasteiger partial charge on any atom is 0.261 e. The summed E-state index contributed by atoms with van der Waals surface area (Å²) in [4.78, 5) is 13.6. The van der Waals surface area contributed by atoms with Gasteiger partial charge in [-0.15, -0.1) is 11.3 Å². The third-order valence-electron chi connectivity index (χ3n) is 2.46. The van der Waals surface area contributed by atoms with Gasteiger partial charge in [0.2, 0.25) is 10.0 Å². The molecule has 3 N–H and O–H groups in total. The molecule has 1 rings (SSSR count). The average molecular weight is 304 g/mol. The van der Waals surface area contributed by atoms with Crippen LogP contribution in [0.3, 0.4) is 0 Å². The van der Waals surface area contributed by atoms with E-state index in [1.807, 2.05) is 6.07 Å². The van der Waals surface area contributed by atoms with E-state index in [-0.39, 0.29) is 17.1 Å². The minimum Gasteiger partial charge on any atom is -0.351 e. The number of nitrogens with two attached hydrogens (primary N) is 1. The number of thiophene rings is 1. The van der Waals surface area contributed by atoms with Crippen LogP contribution in [0.2, 0.25) is 0 Å². The average Bonchev–Trinajstić information content (AvgIpc) is 2.71. The summed E-state index contributed by atoms with van der Waals surface area (Å²) < 4.78 is 21.5. The molecule has 1 heterocycles. The van der Waals surface area contributed by atoms with Crippen molar-refractivity contribution >= 4 is 27.3 Å². The smallest absolute Gasteiger partial charge is 0.261 e. The second kappa shape index (κ2) is 6.02. The monoisotopic (exact) mass is 304 g/mol. The Kier molecular flexibility index (Phi) is 5.11. The normalized spacial score (nSPS) is 12.4. The van der Waals surface area contributed by atoms with E-state index in [1.165, 1.54) is 11.3 Å². The molecule has 108 valence electrons. The molecular weight excluding hydrogens is 284 g/mol. The summed E-state index contributed by atoms with van der Waals surface area (Å²) in [5.41, 5.74) is 0.0246. The van der Waals surface area contributed by atoms with Crippen LogP contribution in [0, 0.1) is 0 Å². The highest BCUT2D eigenvalue weighted by atomic mass is 32.2. The molecule has 0 unspecified atom stereocenters. The Morgan fingerprint density at radius 3 is 2.47 bits per heavy atom. The van der Waals surface area contributed by atoms with Crippen LogP contribution < -0.4 is 10.5 Å². The number of sulfonamides is 1. The molecule has 1 aromatic rings. The van der Waals surface area contributed by atoms with Gasteiger partial charge in [-0.05, 0) is 24.0 Å². The van der Waals surface area contributed by atoms with Gasteiger partial charge in [0.15, 0.2) is 0 Å². The molecule has 0 fully saturated rings. The maximum absolute atomic E-state index is 11.8. The molecule has 5 nitrogen and oxygen atoms in total. The van der Waals surface area contributed by atoms with Gasteiger partial charge in [-0.3, -0.25) is 4.79 Å². The fourth-order valence-electron chi connectivity index (χ4n) is 1.43. The number of carbonyl (C=O) groups is 1. The topological polar surface area (TPSA) is 89.3 Å². The summed E-state index contributed by atoms with van der Waals surface area (Å²) in [5.74, 6) is -0.291. The molecule has 0 saturated heterocycles. The van der Waals surface area contributed by atoms with E-state index in [1.54, 1.807) is 6.07 Å². The van der Waals surface area contributed by atoms with Crippen molar-refractivity contribution in [1.82, 2.24) is 5.32 Å². The van der Waals surface area contributed by atoms with E-state index in [0.717, 1.165) is 4.88 Å². The molecule has 0 aliphatic carbocycles. The summed E-state index contributed by atoms with van der Waals surface area (Å²) in [6, 6.07) is 3.74. The fourth-order valence-corrected chi connectivity index (χ4v) is 2.95. The predicted molar refractivity (Wildman–Crippen MR) is 77.9 cm³/mol. The van der Waals surface area contributed by atoms with E-state index >= 15 is 0 Å². The molecule has 0 spiro atoms. The van der Waals surface area contributed by atoms with Crippen LogP contribution in [0.5, 0.6) is 0 Å². The maximum atomic E-state index is 11.8. The van der Waals surface area contributed by atoms with Crippen LogP contribution >= 0.6 is 11.3 Å². The molecule has 1 amide bonds. The Labute approximate surface area is 118 Å². The second-order valence-electron chi connectivity index (χ2n) is 5.39. The zero-order chi connectivity index (χ0) is 14.7. The van der Waals surface area contributed by atoms with E-state index < -0.39 is 10.0 Å². The Morgan fingerprint density at radius 2 is 2.00 bits per heavy atom. The van der Waals surface area contributed by atoms with E-state index in [2.05, 4.69) is 26.1 Å². The molecular formula is C12H20N2O3S2. The summed E-state index contributed by atoms with van der Waals surface area (Å²) >= 11 is 1.46. The zero-order valence-corrected chi connectivity index (χ0v) is 13.0. The largest absolute Gasteiger partial charge is 0.351 e. The first-order valence-electron chi connectivity index (χ1n) is 5.98. The predicted octanol–water partition coefficient (Wildman–Crippen LogP) is 1.45. The lowest BCUT2D eigenvalue weighted by Gasteiger charge is -2.15. The van der Waals surface area contributed by atoms with Crippen molar-refractivity contribution in [3.05, 3.63) is 21.9 Å². The Balaban J connectivity index is 2.49. The molecule has 7 heteroatoms. The Bertz CT molecular complexity index is 542. The molecule has 0 bridgehead atoms. The lowest BCUT2D eigenvalue weighted by molar-refractivity contribution is 0.0957. The summed E-state index contributed by atoms with van der Waals surface area (Å²) in [6.45, 7) is 6.57. The van der Waals surface area contributed by atoms with Crippen molar-refractivity contribution in [1.29, 1.82) is 0 Å². The third-order valence-corrected chi connectivity index (χ3v) is 4.83. The highest BCUT2D eigenvalue weighted by Gasteiger charge is 2.18. The minimum atomic E-state index is -3.45. The van der Waals surface area contributed by atoms with Gasteiger partial charge >= 0.3 is 0 Å². The first-order valence-corrected chi connectivity index (χ1v) is 8.52. The molecule has 0 radical (unpaired) electrons. The van der Waals surface area contributed by atoms with Crippen LogP contribution in [-0.2, 0) is 15.4 Å². The third kappa shape index (κ3) is 5.71. The van der Waals surface area contributed by atoms with Gasteiger partial charge in [0, 0.05) is 11.4 Å².